The number of thiol groups is 1. The van der Waals surface area contributed by atoms with Gasteiger partial charge in [0.15, 0.2) is 0 Å². The molecule has 4 heteroatoms. The topological polar surface area (TPSA) is 32.3 Å². The van der Waals surface area contributed by atoms with Crippen molar-refractivity contribution in [2.45, 2.75) is 29.9 Å². The molecule has 1 saturated heterocycles. The molecule has 1 fully saturated rings. The molecule has 0 saturated carbocycles. The van der Waals surface area contributed by atoms with Crippen molar-refractivity contribution in [1.29, 1.82) is 0 Å². The highest BCUT2D eigenvalue weighted by Gasteiger charge is 2.44. The lowest BCUT2D eigenvalue weighted by Gasteiger charge is -2.40. The minimum absolute atomic E-state index is 0.00832. The van der Waals surface area contributed by atoms with Gasteiger partial charge in [-0.15, -0.1) is 0 Å². The van der Waals surface area contributed by atoms with Gasteiger partial charge in [0, 0.05) is 29.4 Å². The predicted octanol–water partition coefficient (Wildman–Crippen LogP) is 6.29. The van der Waals surface area contributed by atoms with Crippen molar-refractivity contribution in [3.8, 4) is 11.1 Å². The van der Waals surface area contributed by atoms with Crippen LogP contribution < -0.4 is 5.32 Å². The summed E-state index contributed by atoms with van der Waals surface area (Å²) in [6, 6.07) is 27.0. The van der Waals surface area contributed by atoms with Crippen LogP contribution in [0.25, 0.3) is 11.1 Å². The van der Waals surface area contributed by atoms with Crippen LogP contribution in [0.1, 0.15) is 35.6 Å². The van der Waals surface area contributed by atoms with E-state index in [9.17, 15) is 4.79 Å². The minimum Gasteiger partial charge on any atom is -0.324 e. The van der Waals surface area contributed by atoms with Gasteiger partial charge in [0.2, 0.25) is 0 Å². The highest BCUT2D eigenvalue weighted by Crippen LogP contribution is 2.52. The summed E-state index contributed by atoms with van der Waals surface area (Å²) in [4.78, 5) is 14.8. The third kappa shape index (κ3) is 3.50. The Bertz CT molecular complexity index is 1040. The third-order valence-corrected chi connectivity index (χ3v) is 7.19. The first-order valence-electron chi connectivity index (χ1n) is 10.6. The summed E-state index contributed by atoms with van der Waals surface area (Å²) < 4.78 is 0. The molecule has 1 unspecified atom stereocenters. The first kappa shape index (κ1) is 19.3. The highest BCUT2D eigenvalue weighted by atomic mass is 32.1. The number of carbonyl (C=O) groups excluding carboxylic acids is 1. The van der Waals surface area contributed by atoms with E-state index in [0.29, 0.717) is 5.25 Å². The summed E-state index contributed by atoms with van der Waals surface area (Å²) in [5, 5.41) is 3.38. The smallest absolute Gasteiger partial charge is 0.321 e. The fourth-order valence-corrected chi connectivity index (χ4v) is 5.63. The molecule has 2 aliphatic rings. The second-order valence-electron chi connectivity index (χ2n) is 8.45. The number of amides is 2. The minimum atomic E-state index is -0.00832. The number of rotatable bonds is 2. The van der Waals surface area contributed by atoms with E-state index in [1.165, 1.54) is 16.7 Å². The molecule has 1 atom stereocenters. The van der Waals surface area contributed by atoms with E-state index in [4.69, 9.17) is 12.6 Å². The molecule has 0 aromatic heterocycles. The molecule has 5 rings (SSSR count). The Morgan fingerprint density at radius 1 is 0.867 bits per heavy atom. The van der Waals surface area contributed by atoms with Crippen molar-refractivity contribution in [3.05, 3.63) is 90.0 Å². The van der Waals surface area contributed by atoms with Gasteiger partial charge in [-0.1, -0.05) is 66.7 Å². The Labute approximate surface area is 183 Å². The molecule has 0 bridgehead atoms. The van der Waals surface area contributed by atoms with E-state index in [1.54, 1.807) is 0 Å². The van der Waals surface area contributed by atoms with Crippen molar-refractivity contribution in [1.82, 2.24) is 4.90 Å². The normalized spacial score (nSPS) is 19.5. The molecular formula is C26H26N2OS. The number of piperidine rings is 1. The molecule has 30 heavy (non-hydrogen) atoms. The number of anilines is 1. The number of hydrogen-bond acceptors (Lipinski definition) is 2. The Morgan fingerprint density at radius 3 is 2.23 bits per heavy atom. The van der Waals surface area contributed by atoms with Gasteiger partial charge in [0.25, 0.3) is 0 Å². The quantitative estimate of drug-likeness (QED) is 0.474. The second kappa shape index (κ2) is 7.84. The largest absolute Gasteiger partial charge is 0.324 e. The third-order valence-electron chi connectivity index (χ3n) is 6.73. The van der Waals surface area contributed by atoms with E-state index in [-0.39, 0.29) is 11.4 Å². The van der Waals surface area contributed by atoms with Crippen LogP contribution in [0.3, 0.4) is 0 Å². The molecule has 152 valence electrons. The standard InChI is InChI=1S/C26H26N2OS/c29-25(27-21-12-10-20(11-13-21)19-6-2-1-3-7-19)28-16-14-26(15-17-28)18-24(30)22-8-4-5-9-23(22)26/h1-13,24,30H,14-18H2,(H,27,29). The first-order valence-corrected chi connectivity index (χ1v) is 11.2. The van der Waals surface area contributed by atoms with Gasteiger partial charge >= 0.3 is 6.03 Å². The van der Waals surface area contributed by atoms with Crippen molar-refractivity contribution in [3.63, 3.8) is 0 Å². The number of fused-ring (bicyclic) bond motifs is 2. The molecule has 2 amide bonds. The number of likely N-dealkylation sites (tertiary alicyclic amines) is 1. The zero-order chi connectivity index (χ0) is 20.6. The second-order valence-corrected chi connectivity index (χ2v) is 9.07. The van der Waals surface area contributed by atoms with Gasteiger partial charge in [-0.25, -0.2) is 4.79 Å². The summed E-state index contributed by atoms with van der Waals surface area (Å²) in [6.45, 7) is 1.56. The Hall–Kier alpha value is -2.72. The molecule has 1 spiro atoms. The van der Waals surface area contributed by atoms with E-state index in [2.05, 4.69) is 53.8 Å². The van der Waals surface area contributed by atoms with Crippen molar-refractivity contribution in [2.75, 3.05) is 18.4 Å². The number of benzene rings is 3. The van der Waals surface area contributed by atoms with Crippen LogP contribution >= 0.6 is 12.6 Å². The first-order chi connectivity index (χ1) is 14.6. The number of hydrogen-bond donors (Lipinski definition) is 2. The van der Waals surface area contributed by atoms with Crippen molar-refractivity contribution >= 4 is 24.3 Å². The SMILES string of the molecule is O=C(Nc1ccc(-c2ccccc2)cc1)N1CCC2(CC1)CC(S)c1ccccc12. The van der Waals surface area contributed by atoms with Gasteiger partial charge in [-0.3, -0.25) is 0 Å². The van der Waals surface area contributed by atoms with Gasteiger partial charge in [0.1, 0.15) is 0 Å². The van der Waals surface area contributed by atoms with Crippen molar-refractivity contribution in [2.24, 2.45) is 0 Å². The maximum absolute atomic E-state index is 12.8. The fourth-order valence-electron chi connectivity index (χ4n) is 5.05. The zero-order valence-corrected chi connectivity index (χ0v) is 17.8. The summed E-state index contributed by atoms with van der Waals surface area (Å²) in [5.41, 5.74) is 6.16. The lowest BCUT2D eigenvalue weighted by Crippen LogP contribution is -2.46. The van der Waals surface area contributed by atoms with Crippen LogP contribution in [-0.4, -0.2) is 24.0 Å². The Balaban J connectivity index is 1.23. The van der Waals surface area contributed by atoms with Crippen LogP contribution in [0.15, 0.2) is 78.9 Å². The summed E-state index contributed by atoms with van der Waals surface area (Å²) in [7, 11) is 0. The summed E-state index contributed by atoms with van der Waals surface area (Å²) >= 11 is 4.83. The summed E-state index contributed by atoms with van der Waals surface area (Å²) in [5.74, 6) is 0. The van der Waals surface area contributed by atoms with Crippen molar-refractivity contribution < 1.29 is 4.79 Å². The van der Waals surface area contributed by atoms with E-state index < -0.39 is 0 Å². The van der Waals surface area contributed by atoms with Gasteiger partial charge in [-0.05, 0) is 53.6 Å². The van der Waals surface area contributed by atoms with Gasteiger partial charge in [-0.2, -0.15) is 12.6 Å². The monoisotopic (exact) mass is 414 g/mol. The van der Waals surface area contributed by atoms with Crippen LogP contribution in [0.4, 0.5) is 10.5 Å². The predicted molar refractivity (Wildman–Crippen MR) is 126 cm³/mol. The van der Waals surface area contributed by atoms with Crippen LogP contribution in [0, 0.1) is 0 Å². The number of carbonyl (C=O) groups is 1. The maximum Gasteiger partial charge on any atom is 0.321 e. The maximum atomic E-state index is 12.8. The number of urea groups is 1. The van der Waals surface area contributed by atoms with Gasteiger partial charge in [0.05, 0.1) is 0 Å². The number of nitrogens with one attached hydrogen (secondary N) is 1. The molecular weight excluding hydrogens is 388 g/mol. The molecule has 1 aliphatic heterocycles. The zero-order valence-electron chi connectivity index (χ0n) is 16.9. The molecule has 3 nitrogen and oxygen atoms in total. The van der Waals surface area contributed by atoms with Gasteiger partial charge < -0.3 is 10.2 Å². The molecule has 1 N–H and O–H groups in total. The molecule has 3 aromatic rings. The Kier molecular flexibility index (Phi) is 5.03. The van der Waals surface area contributed by atoms with E-state index >= 15 is 0 Å². The fraction of sp³-hybridized carbons (Fsp3) is 0.269. The lowest BCUT2D eigenvalue weighted by atomic mass is 9.74. The van der Waals surface area contributed by atoms with Crippen LogP contribution in [-0.2, 0) is 5.41 Å². The van der Waals surface area contributed by atoms with Crippen LogP contribution in [0.2, 0.25) is 0 Å². The molecule has 3 aromatic carbocycles. The van der Waals surface area contributed by atoms with E-state index in [0.717, 1.165) is 43.6 Å². The molecule has 0 radical (unpaired) electrons. The highest BCUT2D eigenvalue weighted by molar-refractivity contribution is 7.80. The average Bonchev–Trinajstić information content (AvgIpc) is 3.07. The van der Waals surface area contributed by atoms with Crippen LogP contribution in [0.5, 0.6) is 0 Å². The molecule has 1 heterocycles. The lowest BCUT2D eigenvalue weighted by molar-refractivity contribution is 0.167. The number of nitrogens with zero attached hydrogens (tertiary/aromatic N) is 1. The Morgan fingerprint density at radius 2 is 1.50 bits per heavy atom. The van der Waals surface area contributed by atoms with E-state index in [1.807, 2.05) is 35.2 Å². The average molecular weight is 415 g/mol. The summed E-state index contributed by atoms with van der Waals surface area (Å²) in [6.07, 6.45) is 3.08. The molecule has 1 aliphatic carbocycles.